The summed E-state index contributed by atoms with van der Waals surface area (Å²) in [5.41, 5.74) is 9.50. The highest BCUT2D eigenvalue weighted by molar-refractivity contribution is 5.73. The summed E-state index contributed by atoms with van der Waals surface area (Å²) < 4.78 is 0. The number of carbonyl (C=O) groups excluding carboxylic acids is 1. The topological polar surface area (TPSA) is 70.8 Å². The number of hydrazine groups is 1. The number of hydrogen-bond acceptors (Lipinski definition) is 4. The van der Waals surface area contributed by atoms with Gasteiger partial charge in [0.2, 0.25) is 0 Å². The van der Waals surface area contributed by atoms with Crippen molar-refractivity contribution in [2.45, 2.75) is 24.9 Å². The Labute approximate surface area is 117 Å². The summed E-state index contributed by atoms with van der Waals surface area (Å²) in [6, 6.07) is 10.1. The summed E-state index contributed by atoms with van der Waals surface area (Å²) >= 11 is 0. The lowest BCUT2D eigenvalue weighted by Gasteiger charge is -2.22. The molecule has 0 spiro atoms. The highest BCUT2D eigenvalue weighted by Crippen LogP contribution is 2.25. The smallest absolute Gasteiger partial charge is 0.315 e. The molecule has 0 saturated carbocycles. The largest absolute Gasteiger partial charge is 0.395 e. The molecule has 2 heterocycles. The average molecular weight is 274 g/mol. The fourth-order valence-corrected chi connectivity index (χ4v) is 2.86. The summed E-state index contributed by atoms with van der Waals surface area (Å²) in [7, 11) is 0. The van der Waals surface area contributed by atoms with Gasteiger partial charge >= 0.3 is 6.03 Å². The Morgan fingerprint density at radius 1 is 1.40 bits per heavy atom. The minimum atomic E-state index is -0.363. The van der Waals surface area contributed by atoms with Gasteiger partial charge in [-0.1, -0.05) is 35.9 Å². The number of benzene rings is 1. The highest BCUT2D eigenvalue weighted by atomic mass is 16.7. The van der Waals surface area contributed by atoms with Crippen molar-refractivity contribution in [2.24, 2.45) is 5.73 Å². The van der Waals surface area contributed by atoms with Crippen LogP contribution >= 0.6 is 0 Å². The van der Waals surface area contributed by atoms with Crippen LogP contribution < -0.4 is 11.3 Å². The lowest BCUT2D eigenvalue weighted by molar-refractivity contribution is 0.0131. The SMILES string of the molecule is NC(=O)N1CC(N2C=CON2)CC1Cc1ccccc1. The van der Waals surface area contributed by atoms with Crippen LogP contribution in [0.1, 0.15) is 12.0 Å². The Morgan fingerprint density at radius 3 is 2.85 bits per heavy atom. The van der Waals surface area contributed by atoms with Crippen LogP contribution in [0.4, 0.5) is 4.79 Å². The molecule has 1 aromatic rings. The fraction of sp³-hybridized carbons (Fsp3) is 0.357. The van der Waals surface area contributed by atoms with E-state index in [1.807, 2.05) is 29.4 Å². The van der Waals surface area contributed by atoms with E-state index in [9.17, 15) is 4.79 Å². The third-order valence-corrected chi connectivity index (χ3v) is 3.83. The van der Waals surface area contributed by atoms with Gasteiger partial charge in [0.1, 0.15) is 6.26 Å². The van der Waals surface area contributed by atoms with Crippen molar-refractivity contribution in [3.05, 3.63) is 48.4 Å². The van der Waals surface area contributed by atoms with Crippen LogP contribution in [0.5, 0.6) is 0 Å². The lowest BCUT2D eigenvalue weighted by atomic mass is 10.0. The van der Waals surface area contributed by atoms with Crippen LogP contribution in [0, 0.1) is 0 Å². The first-order valence-electron chi connectivity index (χ1n) is 6.70. The number of amides is 2. The second kappa shape index (κ2) is 5.42. The molecule has 1 aromatic carbocycles. The van der Waals surface area contributed by atoms with E-state index in [1.54, 1.807) is 11.2 Å². The molecule has 106 valence electrons. The van der Waals surface area contributed by atoms with Crippen LogP contribution in [0.3, 0.4) is 0 Å². The van der Waals surface area contributed by atoms with Gasteiger partial charge in [-0.25, -0.2) is 4.79 Å². The summed E-state index contributed by atoms with van der Waals surface area (Å²) in [6.07, 6.45) is 5.09. The molecule has 0 radical (unpaired) electrons. The number of primary amides is 1. The van der Waals surface area contributed by atoms with Crippen LogP contribution in [-0.2, 0) is 11.3 Å². The molecule has 1 fully saturated rings. The van der Waals surface area contributed by atoms with E-state index in [4.69, 9.17) is 10.6 Å². The second-order valence-corrected chi connectivity index (χ2v) is 5.13. The van der Waals surface area contributed by atoms with E-state index in [-0.39, 0.29) is 18.1 Å². The Kier molecular flexibility index (Phi) is 3.47. The molecule has 0 aromatic heterocycles. The molecule has 6 nitrogen and oxygen atoms in total. The van der Waals surface area contributed by atoms with Gasteiger partial charge in [0.25, 0.3) is 0 Å². The number of urea groups is 1. The maximum atomic E-state index is 11.6. The van der Waals surface area contributed by atoms with Crippen molar-refractivity contribution in [1.82, 2.24) is 15.5 Å². The molecule has 2 aliphatic rings. The van der Waals surface area contributed by atoms with Gasteiger partial charge in [0, 0.05) is 12.6 Å². The predicted molar refractivity (Wildman–Crippen MR) is 73.8 cm³/mol. The number of nitrogens with zero attached hydrogens (tertiary/aromatic N) is 2. The van der Waals surface area contributed by atoms with Gasteiger partial charge in [-0.15, -0.1) is 0 Å². The lowest BCUT2D eigenvalue weighted by Crippen LogP contribution is -2.43. The summed E-state index contributed by atoms with van der Waals surface area (Å²) in [6.45, 7) is 0.605. The van der Waals surface area contributed by atoms with Crippen molar-refractivity contribution in [3.63, 3.8) is 0 Å². The number of likely N-dealkylation sites (tertiary alicyclic amines) is 1. The van der Waals surface area contributed by atoms with Crippen LogP contribution in [0.2, 0.25) is 0 Å². The van der Waals surface area contributed by atoms with Gasteiger partial charge in [0.05, 0.1) is 12.2 Å². The molecule has 2 unspecified atom stereocenters. The van der Waals surface area contributed by atoms with E-state index in [1.165, 1.54) is 5.56 Å². The predicted octanol–water partition coefficient (Wildman–Crippen LogP) is 0.974. The Balaban J connectivity index is 1.71. The van der Waals surface area contributed by atoms with E-state index < -0.39 is 0 Å². The molecule has 2 atom stereocenters. The first-order chi connectivity index (χ1) is 9.74. The summed E-state index contributed by atoms with van der Waals surface area (Å²) in [4.78, 5) is 18.3. The standard InChI is InChI=1S/C14H18N4O2/c15-14(19)17-10-13(18-6-7-20-16-18)9-12(17)8-11-4-2-1-3-5-11/h1-7,12-13,16H,8-10H2,(H2,15,19). The molecule has 0 aliphatic carbocycles. The maximum Gasteiger partial charge on any atom is 0.315 e. The van der Waals surface area contributed by atoms with Crippen LogP contribution in [0.15, 0.2) is 42.8 Å². The third-order valence-electron chi connectivity index (χ3n) is 3.83. The van der Waals surface area contributed by atoms with E-state index >= 15 is 0 Å². The fourth-order valence-electron chi connectivity index (χ4n) is 2.86. The zero-order valence-electron chi connectivity index (χ0n) is 11.1. The normalized spacial score (nSPS) is 25.0. The highest BCUT2D eigenvalue weighted by Gasteiger charge is 2.37. The number of rotatable bonds is 3. The van der Waals surface area contributed by atoms with Crippen molar-refractivity contribution in [2.75, 3.05) is 6.54 Å². The van der Waals surface area contributed by atoms with Crippen LogP contribution in [0.25, 0.3) is 0 Å². The molecule has 0 bridgehead atoms. The monoisotopic (exact) mass is 274 g/mol. The maximum absolute atomic E-state index is 11.6. The number of hydrogen-bond donors (Lipinski definition) is 2. The summed E-state index contributed by atoms with van der Waals surface area (Å²) in [5.74, 6) is 0. The molecule has 6 heteroatoms. The summed E-state index contributed by atoms with van der Waals surface area (Å²) in [5, 5.41) is 1.88. The van der Waals surface area contributed by atoms with Crippen molar-refractivity contribution in [1.29, 1.82) is 0 Å². The zero-order chi connectivity index (χ0) is 13.9. The van der Waals surface area contributed by atoms with E-state index in [0.29, 0.717) is 6.54 Å². The van der Waals surface area contributed by atoms with Crippen molar-refractivity contribution < 1.29 is 9.63 Å². The number of nitrogens with one attached hydrogen (secondary N) is 1. The third kappa shape index (κ3) is 2.55. The van der Waals surface area contributed by atoms with Gasteiger partial charge in [0.15, 0.2) is 0 Å². The Hall–Kier alpha value is -2.21. The molecular formula is C14H18N4O2. The first-order valence-corrected chi connectivity index (χ1v) is 6.70. The van der Waals surface area contributed by atoms with E-state index in [0.717, 1.165) is 12.8 Å². The molecular weight excluding hydrogens is 256 g/mol. The number of nitrogens with two attached hydrogens (primary N) is 1. The zero-order valence-corrected chi connectivity index (χ0v) is 11.1. The van der Waals surface area contributed by atoms with Gasteiger partial charge < -0.3 is 15.5 Å². The van der Waals surface area contributed by atoms with Crippen LogP contribution in [-0.4, -0.2) is 34.6 Å². The quantitative estimate of drug-likeness (QED) is 0.861. The van der Waals surface area contributed by atoms with Crippen molar-refractivity contribution in [3.8, 4) is 0 Å². The molecule has 3 rings (SSSR count). The van der Waals surface area contributed by atoms with Gasteiger partial charge in [-0.05, 0) is 18.4 Å². The molecule has 2 amide bonds. The van der Waals surface area contributed by atoms with Gasteiger partial charge in [-0.3, -0.25) is 5.01 Å². The minimum Gasteiger partial charge on any atom is -0.395 e. The molecule has 2 aliphatic heterocycles. The molecule has 20 heavy (non-hydrogen) atoms. The Morgan fingerprint density at radius 2 is 2.20 bits per heavy atom. The van der Waals surface area contributed by atoms with Crippen molar-refractivity contribution >= 4 is 6.03 Å². The Bertz CT molecular complexity index is 505. The van der Waals surface area contributed by atoms with Gasteiger partial charge in [-0.2, -0.15) is 0 Å². The average Bonchev–Trinajstić information content (AvgIpc) is 3.08. The van der Waals surface area contributed by atoms with E-state index in [2.05, 4.69) is 17.7 Å². The number of carbonyl (C=O) groups is 1. The molecule has 1 saturated heterocycles. The molecule has 3 N–H and O–H groups in total. The minimum absolute atomic E-state index is 0.121. The second-order valence-electron chi connectivity index (χ2n) is 5.13. The first kappa shape index (κ1) is 12.8.